The molecular weight excluding hydrogens is 204 g/mol. The molecule has 1 amide bonds. The van der Waals surface area contributed by atoms with Gasteiger partial charge in [-0.1, -0.05) is 6.92 Å². The van der Waals surface area contributed by atoms with Gasteiger partial charge < -0.3 is 4.74 Å². The van der Waals surface area contributed by atoms with E-state index in [2.05, 4.69) is 10.1 Å². The van der Waals surface area contributed by atoms with Gasteiger partial charge in [-0.25, -0.2) is 13.6 Å². The predicted octanol–water partition coefficient (Wildman–Crippen LogP) is 2.71. The van der Waals surface area contributed by atoms with Crippen molar-refractivity contribution in [2.24, 2.45) is 0 Å². The van der Waals surface area contributed by atoms with Gasteiger partial charge in [0, 0.05) is 6.07 Å². The van der Waals surface area contributed by atoms with E-state index in [1.165, 1.54) is 13.2 Å². The summed E-state index contributed by atoms with van der Waals surface area (Å²) >= 11 is 0. The van der Waals surface area contributed by atoms with Gasteiger partial charge in [0.2, 0.25) is 0 Å². The second-order valence-electron chi connectivity index (χ2n) is 2.89. The van der Waals surface area contributed by atoms with Crippen LogP contribution in [0.25, 0.3) is 0 Å². The van der Waals surface area contributed by atoms with E-state index in [-0.39, 0.29) is 5.69 Å². The highest BCUT2D eigenvalue weighted by Gasteiger charge is 2.12. The molecule has 0 bridgehead atoms. The van der Waals surface area contributed by atoms with E-state index >= 15 is 0 Å². The Hall–Kier alpha value is -1.65. The van der Waals surface area contributed by atoms with Gasteiger partial charge in [0.25, 0.3) is 0 Å². The van der Waals surface area contributed by atoms with Crippen LogP contribution in [-0.4, -0.2) is 13.2 Å². The number of hydrogen-bond donors (Lipinski definition) is 1. The number of carbonyl (C=O) groups excluding carboxylic acids is 1. The summed E-state index contributed by atoms with van der Waals surface area (Å²) in [5, 5.41) is 2.20. The lowest BCUT2D eigenvalue weighted by atomic mass is 10.1. The number of halogens is 2. The van der Waals surface area contributed by atoms with Gasteiger partial charge in [-0.05, 0) is 18.1 Å². The van der Waals surface area contributed by atoms with Crippen LogP contribution in [0.3, 0.4) is 0 Å². The summed E-state index contributed by atoms with van der Waals surface area (Å²) in [5.41, 5.74) is 0.351. The molecule has 0 atom stereocenters. The van der Waals surface area contributed by atoms with Crippen molar-refractivity contribution in [1.29, 1.82) is 0 Å². The number of methoxy groups -OCH3 is 1. The van der Waals surface area contributed by atoms with Gasteiger partial charge in [-0.15, -0.1) is 0 Å². The molecule has 82 valence electrons. The van der Waals surface area contributed by atoms with E-state index in [0.29, 0.717) is 18.1 Å². The zero-order chi connectivity index (χ0) is 11.4. The predicted molar refractivity (Wildman–Crippen MR) is 51.8 cm³/mol. The molecule has 0 saturated carbocycles. The van der Waals surface area contributed by atoms with Crippen LogP contribution in [-0.2, 0) is 11.2 Å². The Kier molecular flexibility index (Phi) is 3.60. The Morgan fingerprint density at radius 1 is 1.47 bits per heavy atom. The molecule has 1 N–H and O–H groups in total. The van der Waals surface area contributed by atoms with Gasteiger partial charge in [0.1, 0.15) is 11.6 Å². The van der Waals surface area contributed by atoms with E-state index in [4.69, 9.17) is 0 Å². The fourth-order valence-electron chi connectivity index (χ4n) is 1.20. The van der Waals surface area contributed by atoms with Crippen LogP contribution in [0.15, 0.2) is 12.1 Å². The van der Waals surface area contributed by atoms with Crippen molar-refractivity contribution < 1.29 is 18.3 Å². The van der Waals surface area contributed by atoms with Crippen molar-refractivity contribution in [3.05, 3.63) is 29.3 Å². The zero-order valence-corrected chi connectivity index (χ0v) is 8.43. The average molecular weight is 215 g/mol. The van der Waals surface area contributed by atoms with Crippen molar-refractivity contribution >= 4 is 11.8 Å². The molecule has 0 saturated heterocycles. The van der Waals surface area contributed by atoms with E-state index in [1.807, 2.05) is 0 Å². The van der Waals surface area contributed by atoms with Gasteiger partial charge in [-0.2, -0.15) is 0 Å². The number of anilines is 1. The number of rotatable bonds is 2. The van der Waals surface area contributed by atoms with Crippen LogP contribution in [0.4, 0.5) is 19.3 Å². The van der Waals surface area contributed by atoms with Gasteiger partial charge in [0.15, 0.2) is 0 Å². The van der Waals surface area contributed by atoms with E-state index in [0.717, 1.165) is 0 Å². The van der Waals surface area contributed by atoms with E-state index in [1.54, 1.807) is 6.92 Å². The molecule has 0 unspecified atom stereocenters. The van der Waals surface area contributed by atoms with E-state index in [9.17, 15) is 13.6 Å². The molecule has 0 radical (unpaired) electrons. The number of nitrogens with one attached hydrogen (secondary N) is 1. The molecular formula is C10H11F2NO2. The second-order valence-corrected chi connectivity index (χ2v) is 2.89. The number of carbonyl (C=O) groups is 1. The first kappa shape index (κ1) is 11.4. The van der Waals surface area contributed by atoms with Gasteiger partial charge in [0.05, 0.1) is 12.8 Å². The molecule has 1 rings (SSSR count). The quantitative estimate of drug-likeness (QED) is 0.823. The average Bonchev–Trinajstić information content (AvgIpc) is 2.21. The number of aryl methyl sites for hydroxylation is 1. The molecule has 3 nitrogen and oxygen atoms in total. The lowest BCUT2D eigenvalue weighted by molar-refractivity contribution is 0.186. The molecule has 0 spiro atoms. The number of benzene rings is 1. The lowest BCUT2D eigenvalue weighted by Crippen LogP contribution is -2.14. The minimum absolute atomic E-state index is 0.0363. The second kappa shape index (κ2) is 4.72. The third-order valence-electron chi connectivity index (χ3n) is 1.93. The Morgan fingerprint density at radius 2 is 2.13 bits per heavy atom. The summed E-state index contributed by atoms with van der Waals surface area (Å²) < 4.78 is 30.4. The SMILES string of the molecule is CCc1cc(F)cc(F)c1NC(=O)OC. The lowest BCUT2D eigenvalue weighted by Gasteiger charge is -2.10. The maximum absolute atomic E-state index is 13.3. The van der Waals surface area contributed by atoms with Gasteiger partial charge in [-0.3, -0.25) is 5.32 Å². The molecule has 1 aromatic carbocycles. The highest BCUT2D eigenvalue weighted by molar-refractivity contribution is 5.85. The minimum atomic E-state index is -0.808. The Morgan fingerprint density at radius 3 is 2.67 bits per heavy atom. The standard InChI is InChI=1S/C10H11F2NO2/c1-3-6-4-7(11)5-8(12)9(6)13-10(14)15-2/h4-5H,3H2,1-2H3,(H,13,14). The summed E-state index contributed by atoms with van der Waals surface area (Å²) in [6, 6.07) is 1.89. The minimum Gasteiger partial charge on any atom is -0.453 e. The molecule has 0 aromatic heterocycles. The molecule has 15 heavy (non-hydrogen) atoms. The van der Waals surface area contributed by atoms with Crippen molar-refractivity contribution in [3.63, 3.8) is 0 Å². The molecule has 5 heteroatoms. The summed E-state index contributed by atoms with van der Waals surface area (Å²) in [5.74, 6) is -1.47. The van der Waals surface area contributed by atoms with Gasteiger partial charge >= 0.3 is 6.09 Å². The maximum atomic E-state index is 13.3. The number of hydrogen-bond acceptors (Lipinski definition) is 2. The first-order valence-electron chi connectivity index (χ1n) is 4.41. The largest absolute Gasteiger partial charge is 0.453 e. The van der Waals surface area contributed by atoms with Crippen LogP contribution in [0.2, 0.25) is 0 Å². The molecule has 0 aliphatic heterocycles. The zero-order valence-electron chi connectivity index (χ0n) is 8.43. The van der Waals surface area contributed by atoms with Crippen LogP contribution in [0.5, 0.6) is 0 Å². The van der Waals surface area contributed by atoms with Crippen molar-refractivity contribution in [2.45, 2.75) is 13.3 Å². The summed E-state index contributed by atoms with van der Waals surface area (Å²) in [6.45, 7) is 1.73. The fourth-order valence-corrected chi connectivity index (χ4v) is 1.20. The smallest absolute Gasteiger partial charge is 0.411 e. The summed E-state index contributed by atoms with van der Waals surface area (Å²) in [7, 11) is 1.17. The van der Waals surface area contributed by atoms with Crippen LogP contribution in [0, 0.1) is 11.6 Å². The highest BCUT2D eigenvalue weighted by Crippen LogP contribution is 2.22. The third kappa shape index (κ3) is 2.65. The number of ether oxygens (including phenoxy) is 1. The summed E-state index contributed by atoms with van der Waals surface area (Å²) in [4.78, 5) is 10.9. The summed E-state index contributed by atoms with van der Waals surface area (Å²) in [6.07, 6.45) is -0.371. The first-order chi connectivity index (χ1) is 7.08. The third-order valence-corrected chi connectivity index (χ3v) is 1.93. The van der Waals surface area contributed by atoms with E-state index < -0.39 is 17.7 Å². The molecule has 1 aromatic rings. The molecule has 0 aliphatic rings. The molecule has 0 aliphatic carbocycles. The number of amides is 1. The maximum Gasteiger partial charge on any atom is 0.411 e. The molecule has 0 fully saturated rings. The van der Waals surface area contributed by atoms with Crippen molar-refractivity contribution in [2.75, 3.05) is 12.4 Å². The van der Waals surface area contributed by atoms with Crippen LogP contribution >= 0.6 is 0 Å². The monoisotopic (exact) mass is 215 g/mol. The topological polar surface area (TPSA) is 38.3 Å². The highest BCUT2D eigenvalue weighted by atomic mass is 19.1. The van der Waals surface area contributed by atoms with Crippen molar-refractivity contribution in [1.82, 2.24) is 0 Å². The fraction of sp³-hybridized carbons (Fsp3) is 0.300. The first-order valence-corrected chi connectivity index (χ1v) is 4.41. The molecule has 0 heterocycles. The normalized spacial score (nSPS) is 9.87. The Labute approximate surface area is 86.0 Å². The Balaban J connectivity index is 3.09. The van der Waals surface area contributed by atoms with Crippen LogP contribution < -0.4 is 5.32 Å². The van der Waals surface area contributed by atoms with Crippen molar-refractivity contribution in [3.8, 4) is 0 Å². The van der Waals surface area contributed by atoms with Crippen LogP contribution in [0.1, 0.15) is 12.5 Å². The Bertz CT molecular complexity index is 380.